The van der Waals surface area contributed by atoms with Crippen molar-refractivity contribution in [1.82, 2.24) is 20.1 Å². The Morgan fingerprint density at radius 1 is 1.33 bits per heavy atom. The molecule has 1 amide bonds. The number of carbonyl (C=O) groups excluding carboxylic acids is 1. The third-order valence-electron chi connectivity index (χ3n) is 4.33. The van der Waals surface area contributed by atoms with E-state index in [4.69, 9.17) is 4.74 Å². The number of rotatable bonds is 4. The number of nitrogens with zero attached hydrogens (tertiary/aromatic N) is 4. The maximum atomic E-state index is 15.0. The van der Waals surface area contributed by atoms with Crippen LogP contribution < -0.4 is 5.32 Å². The lowest BCUT2D eigenvalue weighted by Gasteiger charge is -2.25. The van der Waals surface area contributed by atoms with Crippen LogP contribution in [0.5, 0.6) is 0 Å². The van der Waals surface area contributed by atoms with E-state index in [1.165, 1.54) is 11.3 Å². The van der Waals surface area contributed by atoms with E-state index in [2.05, 4.69) is 20.5 Å². The van der Waals surface area contributed by atoms with Gasteiger partial charge in [0.1, 0.15) is 10.0 Å². The highest BCUT2D eigenvalue weighted by atomic mass is 32.1. The van der Waals surface area contributed by atoms with Gasteiger partial charge in [0.2, 0.25) is 5.91 Å². The number of carbonyl (C=O) groups is 1. The maximum absolute atomic E-state index is 15.0. The molecule has 140 valence electrons. The zero-order chi connectivity index (χ0) is 18.8. The predicted octanol–water partition coefficient (Wildman–Crippen LogP) is 2.47. The molecule has 0 atom stereocenters. The average molecular weight is 387 g/mol. The number of fused-ring (bicyclic) bond motifs is 1. The van der Waals surface area contributed by atoms with Crippen LogP contribution in [0.4, 0.5) is 10.2 Å². The van der Waals surface area contributed by atoms with Crippen LogP contribution in [0.3, 0.4) is 0 Å². The molecule has 1 aromatic carbocycles. The Kier molecular flexibility index (Phi) is 5.06. The molecule has 1 fully saturated rings. The number of pyridine rings is 1. The maximum Gasteiger partial charge on any atom is 0.239 e. The average Bonchev–Trinajstić information content (AvgIpc) is 3.11. The first kappa shape index (κ1) is 17.9. The Balaban J connectivity index is 1.57. The summed E-state index contributed by atoms with van der Waals surface area (Å²) in [5.74, 6) is -0.907. The highest BCUT2D eigenvalue weighted by Gasteiger charge is 2.17. The standard InChI is InChI=1S/C18H18FN5O2S/c1-11-22-23-18(27-11)12-2-3-13-9-20-17(16(19)14(13)8-12)21-15(25)10-24-4-6-26-7-5-24/h2-3,8-9H,4-7,10H2,1H3,(H,20,21,25). The van der Waals surface area contributed by atoms with Crippen molar-refractivity contribution in [2.24, 2.45) is 0 Å². The Labute approximate surface area is 159 Å². The van der Waals surface area contributed by atoms with Crippen LogP contribution in [-0.2, 0) is 9.53 Å². The minimum atomic E-state index is -0.550. The van der Waals surface area contributed by atoms with E-state index in [0.717, 1.165) is 15.6 Å². The smallest absolute Gasteiger partial charge is 0.239 e. The first-order chi connectivity index (χ1) is 13.1. The molecule has 3 aromatic rings. The van der Waals surface area contributed by atoms with Gasteiger partial charge in [0.05, 0.1) is 19.8 Å². The van der Waals surface area contributed by atoms with E-state index < -0.39 is 5.82 Å². The second-order valence-corrected chi connectivity index (χ2v) is 7.47. The van der Waals surface area contributed by atoms with Crippen molar-refractivity contribution in [1.29, 1.82) is 0 Å². The zero-order valence-corrected chi connectivity index (χ0v) is 15.6. The van der Waals surface area contributed by atoms with Gasteiger partial charge in [-0.05, 0) is 13.0 Å². The molecule has 9 heteroatoms. The normalized spacial score (nSPS) is 15.2. The monoisotopic (exact) mass is 387 g/mol. The Morgan fingerprint density at radius 3 is 2.89 bits per heavy atom. The summed E-state index contributed by atoms with van der Waals surface area (Å²) in [7, 11) is 0. The molecular weight excluding hydrogens is 369 g/mol. The van der Waals surface area contributed by atoms with E-state index in [0.29, 0.717) is 37.1 Å². The molecule has 1 aliphatic rings. The number of hydrogen-bond acceptors (Lipinski definition) is 7. The van der Waals surface area contributed by atoms with Crippen molar-refractivity contribution in [3.63, 3.8) is 0 Å². The molecule has 4 rings (SSSR count). The number of benzene rings is 1. The van der Waals surface area contributed by atoms with Gasteiger partial charge >= 0.3 is 0 Å². The quantitative estimate of drug-likeness (QED) is 0.741. The Hall–Kier alpha value is -2.49. The van der Waals surface area contributed by atoms with Crippen molar-refractivity contribution < 1.29 is 13.9 Å². The first-order valence-corrected chi connectivity index (χ1v) is 9.40. The number of aromatic nitrogens is 3. The van der Waals surface area contributed by atoms with Gasteiger partial charge in [0.25, 0.3) is 0 Å². The third-order valence-corrected chi connectivity index (χ3v) is 5.22. The molecule has 0 radical (unpaired) electrons. The molecule has 7 nitrogen and oxygen atoms in total. The van der Waals surface area contributed by atoms with E-state index in [9.17, 15) is 9.18 Å². The summed E-state index contributed by atoms with van der Waals surface area (Å²) in [6.07, 6.45) is 1.55. The lowest BCUT2D eigenvalue weighted by atomic mass is 10.1. The van der Waals surface area contributed by atoms with Gasteiger partial charge in [-0.25, -0.2) is 9.37 Å². The second kappa shape index (κ2) is 7.63. The van der Waals surface area contributed by atoms with E-state index in [1.54, 1.807) is 18.3 Å². The molecule has 2 aromatic heterocycles. The van der Waals surface area contributed by atoms with Crippen molar-refractivity contribution >= 4 is 33.8 Å². The number of amides is 1. The fraction of sp³-hybridized carbons (Fsp3) is 0.333. The van der Waals surface area contributed by atoms with Crippen LogP contribution in [0.2, 0.25) is 0 Å². The molecule has 1 saturated heterocycles. The van der Waals surface area contributed by atoms with Crippen LogP contribution in [0.1, 0.15) is 5.01 Å². The number of aryl methyl sites for hydroxylation is 1. The van der Waals surface area contributed by atoms with Crippen molar-refractivity contribution in [3.8, 4) is 10.6 Å². The summed E-state index contributed by atoms with van der Waals surface area (Å²) in [6.45, 7) is 4.63. The molecule has 0 aliphatic carbocycles. The van der Waals surface area contributed by atoms with Gasteiger partial charge in [0.15, 0.2) is 11.6 Å². The fourth-order valence-corrected chi connectivity index (χ4v) is 3.63. The number of halogens is 1. The second-order valence-electron chi connectivity index (χ2n) is 6.29. The Bertz CT molecular complexity index is 987. The van der Waals surface area contributed by atoms with Crippen molar-refractivity contribution in [2.45, 2.75) is 6.92 Å². The van der Waals surface area contributed by atoms with Gasteiger partial charge < -0.3 is 10.1 Å². The van der Waals surface area contributed by atoms with Crippen LogP contribution in [0, 0.1) is 12.7 Å². The number of hydrogen-bond donors (Lipinski definition) is 1. The lowest BCUT2D eigenvalue weighted by Crippen LogP contribution is -2.41. The van der Waals surface area contributed by atoms with Gasteiger partial charge in [-0.1, -0.05) is 23.5 Å². The lowest BCUT2D eigenvalue weighted by molar-refractivity contribution is -0.118. The summed E-state index contributed by atoms with van der Waals surface area (Å²) >= 11 is 1.44. The molecule has 1 N–H and O–H groups in total. The molecule has 3 heterocycles. The molecule has 0 saturated carbocycles. The summed E-state index contributed by atoms with van der Waals surface area (Å²) in [5, 5.41) is 13.3. The van der Waals surface area contributed by atoms with Gasteiger partial charge in [0, 0.05) is 35.6 Å². The van der Waals surface area contributed by atoms with Crippen LogP contribution in [-0.4, -0.2) is 58.8 Å². The number of morpholine rings is 1. The van der Waals surface area contributed by atoms with E-state index in [1.807, 2.05) is 17.9 Å². The van der Waals surface area contributed by atoms with Crippen LogP contribution in [0.25, 0.3) is 21.3 Å². The number of ether oxygens (including phenoxy) is 1. The topological polar surface area (TPSA) is 80.2 Å². The summed E-state index contributed by atoms with van der Waals surface area (Å²) < 4.78 is 20.2. The highest BCUT2D eigenvalue weighted by molar-refractivity contribution is 7.14. The molecule has 1 aliphatic heterocycles. The van der Waals surface area contributed by atoms with Crippen molar-refractivity contribution in [3.05, 3.63) is 35.2 Å². The first-order valence-electron chi connectivity index (χ1n) is 8.59. The zero-order valence-electron chi connectivity index (χ0n) is 14.7. The number of nitrogens with one attached hydrogen (secondary N) is 1. The van der Waals surface area contributed by atoms with E-state index >= 15 is 0 Å². The molecular formula is C18H18FN5O2S. The molecule has 0 spiro atoms. The number of anilines is 1. The van der Waals surface area contributed by atoms with Crippen LogP contribution in [0.15, 0.2) is 24.4 Å². The van der Waals surface area contributed by atoms with E-state index in [-0.39, 0.29) is 18.3 Å². The highest BCUT2D eigenvalue weighted by Crippen LogP contribution is 2.29. The predicted molar refractivity (Wildman–Crippen MR) is 101 cm³/mol. The minimum Gasteiger partial charge on any atom is -0.379 e. The van der Waals surface area contributed by atoms with Crippen molar-refractivity contribution in [2.75, 3.05) is 38.2 Å². The summed E-state index contributed by atoms with van der Waals surface area (Å²) in [5.41, 5.74) is 0.781. The summed E-state index contributed by atoms with van der Waals surface area (Å²) in [6, 6.07) is 5.36. The van der Waals surface area contributed by atoms with Gasteiger partial charge in [-0.2, -0.15) is 0 Å². The van der Waals surface area contributed by atoms with Crippen LogP contribution >= 0.6 is 11.3 Å². The fourth-order valence-electron chi connectivity index (χ4n) is 2.94. The Morgan fingerprint density at radius 2 is 2.15 bits per heavy atom. The minimum absolute atomic E-state index is 0.0636. The van der Waals surface area contributed by atoms with Gasteiger partial charge in [-0.3, -0.25) is 9.69 Å². The molecule has 0 bridgehead atoms. The largest absolute Gasteiger partial charge is 0.379 e. The molecule has 0 unspecified atom stereocenters. The third kappa shape index (κ3) is 3.95. The summed E-state index contributed by atoms with van der Waals surface area (Å²) in [4.78, 5) is 18.3. The van der Waals surface area contributed by atoms with Gasteiger partial charge in [-0.15, -0.1) is 10.2 Å². The molecule has 27 heavy (non-hydrogen) atoms. The SMILES string of the molecule is Cc1nnc(-c2ccc3cnc(NC(=O)CN4CCOCC4)c(F)c3c2)s1.